The summed E-state index contributed by atoms with van der Waals surface area (Å²) >= 11 is 1.37. The van der Waals surface area contributed by atoms with Crippen LogP contribution in [0.25, 0.3) is 10.2 Å². The van der Waals surface area contributed by atoms with Gasteiger partial charge >= 0.3 is 0 Å². The van der Waals surface area contributed by atoms with E-state index in [0.717, 1.165) is 15.9 Å². The molecule has 6 nitrogen and oxygen atoms in total. The van der Waals surface area contributed by atoms with Gasteiger partial charge in [0.15, 0.2) is 0 Å². The maximum Gasteiger partial charge on any atom is 0.262 e. The summed E-state index contributed by atoms with van der Waals surface area (Å²) < 4.78 is 1.76. The fourth-order valence-electron chi connectivity index (χ4n) is 1.87. The molecule has 2 amide bonds. The summed E-state index contributed by atoms with van der Waals surface area (Å²) in [7, 11) is 3.39. The van der Waals surface area contributed by atoms with Crippen molar-refractivity contribution >= 4 is 33.4 Å². The maximum absolute atomic E-state index is 12.1. The van der Waals surface area contributed by atoms with Crippen molar-refractivity contribution in [3.05, 3.63) is 16.6 Å². The summed E-state index contributed by atoms with van der Waals surface area (Å²) in [5.74, 6) is -0.455. The summed E-state index contributed by atoms with van der Waals surface area (Å²) in [6, 6.07) is 1.26. The zero-order valence-electron chi connectivity index (χ0n) is 11.3. The molecule has 0 fully saturated rings. The van der Waals surface area contributed by atoms with E-state index in [-0.39, 0.29) is 11.8 Å². The van der Waals surface area contributed by atoms with Gasteiger partial charge < -0.3 is 10.6 Å². The molecule has 2 aromatic heterocycles. The first-order chi connectivity index (χ1) is 8.93. The van der Waals surface area contributed by atoms with Crippen LogP contribution < -0.4 is 10.6 Å². The van der Waals surface area contributed by atoms with Gasteiger partial charge in [0.05, 0.1) is 10.6 Å². The number of aryl methyl sites for hydroxylation is 2. The van der Waals surface area contributed by atoms with Crippen LogP contribution in [0.3, 0.4) is 0 Å². The molecule has 0 aromatic carbocycles. The van der Waals surface area contributed by atoms with Crippen LogP contribution in [0.5, 0.6) is 0 Å². The second-order valence-electron chi connectivity index (χ2n) is 4.35. The Morgan fingerprint density at radius 3 is 2.74 bits per heavy atom. The van der Waals surface area contributed by atoms with Crippen molar-refractivity contribution in [2.45, 2.75) is 19.9 Å². The van der Waals surface area contributed by atoms with Crippen molar-refractivity contribution in [2.24, 2.45) is 7.05 Å². The molecule has 0 saturated carbocycles. The van der Waals surface area contributed by atoms with E-state index in [0.29, 0.717) is 4.88 Å². The van der Waals surface area contributed by atoms with E-state index in [1.165, 1.54) is 11.3 Å². The predicted octanol–water partition coefficient (Wildman–Crippen LogP) is 0.808. The highest BCUT2D eigenvalue weighted by Gasteiger charge is 2.19. The number of fused-ring (bicyclic) bond motifs is 1. The lowest BCUT2D eigenvalue weighted by atomic mass is 10.2. The molecule has 2 rings (SSSR count). The summed E-state index contributed by atoms with van der Waals surface area (Å²) in [5.41, 5.74) is 0.896. The average Bonchev–Trinajstić information content (AvgIpc) is 2.91. The quantitative estimate of drug-likeness (QED) is 0.873. The number of nitrogens with zero attached hydrogens (tertiary/aromatic N) is 2. The van der Waals surface area contributed by atoms with Crippen LogP contribution in [0.15, 0.2) is 6.07 Å². The van der Waals surface area contributed by atoms with Crippen LogP contribution in [-0.2, 0) is 11.8 Å². The first-order valence-electron chi connectivity index (χ1n) is 5.89. The van der Waals surface area contributed by atoms with Crippen molar-refractivity contribution in [1.82, 2.24) is 20.4 Å². The third-order valence-electron chi connectivity index (χ3n) is 2.91. The fourth-order valence-corrected chi connectivity index (χ4v) is 2.89. The summed E-state index contributed by atoms with van der Waals surface area (Å²) in [5, 5.41) is 10.4. The van der Waals surface area contributed by atoms with E-state index in [2.05, 4.69) is 15.7 Å². The Morgan fingerprint density at radius 2 is 2.16 bits per heavy atom. The SMILES string of the molecule is CNC(=O)C(C)NC(=O)c1cc2c(C)nn(C)c2s1. The van der Waals surface area contributed by atoms with Gasteiger partial charge in [0.2, 0.25) is 5.91 Å². The number of likely N-dealkylation sites (N-methyl/N-ethyl adjacent to an activating group) is 1. The van der Waals surface area contributed by atoms with Gasteiger partial charge in [-0.1, -0.05) is 0 Å². The lowest BCUT2D eigenvalue weighted by molar-refractivity contribution is -0.122. The van der Waals surface area contributed by atoms with Gasteiger partial charge in [-0.05, 0) is 19.9 Å². The Morgan fingerprint density at radius 1 is 1.47 bits per heavy atom. The zero-order chi connectivity index (χ0) is 14.2. The van der Waals surface area contributed by atoms with Gasteiger partial charge in [-0.3, -0.25) is 14.3 Å². The second kappa shape index (κ2) is 5.00. The third kappa shape index (κ3) is 2.46. The van der Waals surface area contributed by atoms with Crippen LogP contribution in [0, 0.1) is 6.92 Å². The molecule has 102 valence electrons. The smallest absolute Gasteiger partial charge is 0.262 e. The summed E-state index contributed by atoms with van der Waals surface area (Å²) in [6.45, 7) is 3.56. The first-order valence-corrected chi connectivity index (χ1v) is 6.71. The zero-order valence-corrected chi connectivity index (χ0v) is 12.1. The monoisotopic (exact) mass is 280 g/mol. The first kappa shape index (κ1) is 13.5. The number of rotatable bonds is 3. The predicted molar refractivity (Wildman–Crippen MR) is 74.3 cm³/mol. The standard InChI is InChI=1S/C12H16N4O2S/c1-6-8-5-9(19-12(8)16(4)15-6)11(18)14-7(2)10(17)13-3/h5,7H,1-4H3,(H,13,17)(H,14,18). The van der Waals surface area contributed by atoms with E-state index in [1.54, 1.807) is 18.7 Å². The molecular weight excluding hydrogens is 264 g/mol. The van der Waals surface area contributed by atoms with Gasteiger partial charge in [0, 0.05) is 19.5 Å². The third-order valence-corrected chi connectivity index (χ3v) is 4.11. The van der Waals surface area contributed by atoms with E-state index < -0.39 is 6.04 Å². The number of carbonyl (C=O) groups is 2. The lowest BCUT2D eigenvalue weighted by Gasteiger charge is -2.10. The van der Waals surface area contributed by atoms with Gasteiger partial charge in [0.1, 0.15) is 10.9 Å². The number of aromatic nitrogens is 2. The van der Waals surface area contributed by atoms with Crippen molar-refractivity contribution in [2.75, 3.05) is 7.05 Å². The van der Waals surface area contributed by atoms with E-state index in [1.807, 2.05) is 20.0 Å². The Bertz CT molecular complexity index is 609. The molecule has 0 spiro atoms. The number of hydrogen-bond acceptors (Lipinski definition) is 4. The lowest BCUT2D eigenvalue weighted by Crippen LogP contribution is -2.43. The number of carbonyl (C=O) groups excluding carboxylic acids is 2. The molecule has 19 heavy (non-hydrogen) atoms. The minimum atomic E-state index is -0.554. The molecule has 2 heterocycles. The van der Waals surface area contributed by atoms with Crippen LogP contribution in [0.4, 0.5) is 0 Å². The number of hydrogen-bond donors (Lipinski definition) is 2. The highest BCUT2D eigenvalue weighted by Crippen LogP contribution is 2.27. The topological polar surface area (TPSA) is 76.0 Å². The van der Waals surface area contributed by atoms with E-state index in [9.17, 15) is 9.59 Å². The van der Waals surface area contributed by atoms with E-state index in [4.69, 9.17) is 0 Å². The van der Waals surface area contributed by atoms with Crippen molar-refractivity contribution < 1.29 is 9.59 Å². The maximum atomic E-state index is 12.1. The minimum absolute atomic E-state index is 0.215. The van der Waals surface area contributed by atoms with Crippen molar-refractivity contribution in [3.63, 3.8) is 0 Å². The van der Waals surface area contributed by atoms with Crippen LogP contribution in [-0.4, -0.2) is 34.7 Å². The van der Waals surface area contributed by atoms with Crippen molar-refractivity contribution in [3.8, 4) is 0 Å². The molecule has 0 saturated heterocycles. The Balaban J connectivity index is 2.22. The minimum Gasteiger partial charge on any atom is -0.357 e. The van der Waals surface area contributed by atoms with Crippen LogP contribution >= 0.6 is 11.3 Å². The highest BCUT2D eigenvalue weighted by molar-refractivity contribution is 7.20. The van der Waals surface area contributed by atoms with Gasteiger partial charge in [-0.2, -0.15) is 5.10 Å². The molecule has 1 unspecified atom stereocenters. The highest BCUT2D eigenvalue weighted by atomic mass is 32.1. The summed E-state index contributed by atoms with van der Waals surface area (Å²) in [4.78, 5) is 25.0. The summed E-state index contributed by atoms with van der Waals surface area (Å²) in [6.07, 6.45) is 0. The second-order valence-corrected chi connectivity index (χ2v) is 5.38. The Labute approximate surface area is 114 Å². The number of nitrogens with one attached hydrogen (secondary N) is 2. The van der Waals surface area contributed by atoms with Crippen LogP contribution in [0.2, 0.25) is 0 Å². The molecule has 0 radical (unpaired) electrons. The number of thiophene rings is 1. The molecule has 2 aromatic rings. The molecule has 2 N–H and O–H groups in total. The average molecular weight is 280 g/mol. The van der Waals surface area contributed by atoms with E-state index >= 15 is 0 Å². The van der Waals surface area contributed by atoms with Gasteiger partial charge in [-0.25, -0.2) is 0 Å². The number of amides is 2. The molecular formula is C12H16N4O2S. The Hall–Kier alpha value is -1.89. The van der Waals surface area contributed by atoms with Gasteiger partial charge in [0.25, 0.3) is 5.91 Å². The molecule has 0 aliphatic rings. The molecule has 0 bridgehead atoms. The normalized spacial score (nSPS) is 12.4. The van der Waals surface area contributed by atoms with Crippen LogP contribution in [0.1, 0.15) is 22.3 Å². The fraction of sp³-hybridized carbons (Fsp3) is 0.417. The molecule has 0 aliphatic heterocycles. The molecule has 1 atom stereocenters. The van der Waals surface area contributed by atoms with Gasteiger partial charge in [-0.15, -0.1) is 11.3 Å². The largest absolute Gasteiger partial charge is 0.357 e. The molecule has 7 heteroatoms. The van der Waals surface area contributed by atoms with Crippen molar-refractivity contribution in [1.29, 1.82) is 0 Å². The molecule has 0 aliphatic carbocycles. The Kier molecular flexibility index (Phi) is 3.57.